The summed E-state index contributed by atoms with van der Waals surface area (Å²) >= 11 is 0. The van der Waals surface area contributed by atoms with Crippen molar-refractivity contribution in [3.05, 3.63) is 63.7 Å². The second-order valence-corrected chi connectivity index (χ2v) is 9.08. The van der Waals surface area contributed by atoms with Crippen LogP contribution in [0.3, 0.4) is 0 Å². The minimum absolute atomic E-state index is 0.0415. The fraction of sp³-hybridized carbons (Fsp3) is 0.481. The summed E-state index contributed by atoms with van der Waals surface area (Å²) in [6.45, 7) is 7.41. The molecule has 8 heteroatoms. The van der Waals surface area contributed by atoms with Gasteiger partial charge in [0.25, 0.3) is 0 Å². The Kier molecular flexibility index (Phi) is 8.31. The molecule has 2 aromatic rings. The van der Waals surface area contributed by atoms with Gasteiger partial charge in [-0.05, 0) is 86.1 Å². The Morgan fingerprint density at radius 3 is 2.40 bits per heavy atom. The second kappa shape index (κ2) is 11.0. The largest absolute Gasteiger partial charge is 0.465 e. The summed E-state index contributed by atoms with van der Waals surface area (Å²) in [5.74, 6) is 0. The first kappa shape index (κ1) is 26.4. The van der Waals surface area contributed by atoms with Crippen molar-refractivity contribution < 1.29 is 23.1 Å². The lowest BCUT2D eigenvalue weighted by Crippen LogP contribution is -2.33. The van der Waals surface area contributed by atoms with Crippen LogP contribution in [0.2, 0.25) is 0 Å². The van der Waals surface area contributed by atoms with Crippen LogP contribution in [0, 0.1) is 11.3 Å². The number of unbranched alkanes of at least 4 members (excludes halogenated alkanes) is 1. The predicted octanol–water partition coefficient (Wildman–Crippen LogP) is 6.93. The molecule has 1 atom stereocenters. The average Bonchev–Trinajstić information content (AvgIpc) is 3.28. The maximum atomic E-state index is 13.4. The molecule has 0 fully saturated rings. The van der Waals surface area contributed by atoms with Crippen molar-refractivity contribution in [3.8, 4) is 6.07 Å². The summed E-state index contributed by atoms with van der Waals surface area (Å²) in [5, 5.41) is 19.3. The first-order valence-electron chi connectivity index (χ1n) is 12.1. The molecule has 3 rings (SSSR count). The molecule has 0 saturated heterocycles. The van der Waals surface area contributed by atoms with Crippen LogP contribution in [0.25, 0.3) is 0 Å². The van der Waals surface area contributed by atoms with E-state index in [9.17, 15) is 28.3 Å². The highest BCUT2D eigenvalue weighted by atomic mass is 19.4. The number of hydrogen-bond donors (Lipinski definition) is 1. The maximum absolute atomic E-state index is 13.4. The van der Waals surface area contributed by atoms with Crippen molar-refractivity contribution in [3.63, 3.8) is 0 Å². The molecule has 188 valence electrons. The molecule has 1 amide bonds. The predicted molar refractivity (Wildman–Crippen MR) is 129 cm³/mol. The number of alkyl halides is 3. The smallest absolute Gasteiger partial charge is 0.416 e. The van der Waals surface area contributed by atoms with Crippen LogP contribution < -0.4 is 4.90 Å². The van der Waals surface area contributed by atoms with E-state index in [1.165, 1.54) is 17.2 Å². The molecule has 1 unspecified atom stereocenters. The van der Waals surface area contributed by atoms with E-state index in [1.807, 2.05) is 0 Å². The number of nitrogens with zero attached hydrogens (tertiary/aromatic N) is 3. The monoisotopic (exact) mass is 487 g/mol. The third kappa shape index (κ3) is 6.08. The van der Waals surface area contributed by atoms with Crippen molar-refractivity contribution in [1.82, 2.24) is 4.90 Å². The van der Waals surface area contributed by atoms with Crippen LogP contribution in [0.5, 0.6) is 0 Å². The Morgan fingerprint density at radius 1 is 1.14 bits per heavy atom. The van der Waals surface area contributed by atoms with Crippen LogP contribution in [-0.4, -0.2) is 29.2 Å². The van der Waals surface area contributed by atoms with Gasteiger partial charge in [0.1, 0.15) is 0 Å². The van der Waals surface area contributed by atoms with E-state index in [1.54, 1.807) is 13.0 Å². The zero-order valence-electron chi connectivity index (χ0n) is 20.5. The van der Waals surface area contributed by atoms with E-state index in [2.05, 4.69) is 30.9 Å². The number of carbonyl (C=O) groups is 1. The lowest BCUT2D eigenvalue weighted by Gasteiger charge is -2.31. The lowest BCUT2D eigenvalue weighted by molar-refractivity contribution is -0.137. The highest BCUT2D eigenvalue weighted by Crippen LogP contribution is 2.36. The van der Waals surface area contributed by atoms with Gasteiger partial charge in [0.15, 0.2) is 0 Å². The van der Waals surface area contributed by atoms with E-state index in [4.69, 9.17) is 0 Å². The number of carboxylic acid groups (broad SMARTS) is 1. The number of amides is 1. The SMILES string of the molecule is CCCCN(CC)c1cc2c(cc1CN(C(=O)O)C(C)c1cc(C#N)cc(C(F)(F)F)c1)CCC2. The van der Waals surface area contributed by atoms with Gasteiger partial charge in [-0.2, -0.15) is 18.4 Å². The van der Waals surface area contributed by atoms with Crippen molar-refractivity contribution in [2.45, 2.75) is 71.6 Å². The Hall–Kier alpha value is -3.21. The number of rotatable bonds is 9. The number of fused-ring (bicyclic) bond motifs is 1. The van der Waals surface area contributed by atoms with E-state index in [0.717, 1.165) is 73.5 Å². The molecular weight excluding hydrogens is 455 g/mol. The number of hydrogen-bond acceptors (Lipinski definition) is 3. The molecule has 0 radical (unpaired) electrons. The lowest BCUT2D eigenvalue weighted by atomic mass is 9.98. The summed E-state index contributed by atoms with van der Waals surface area (Å²) in [6, 6.07) is 8.17. The topological polar surface area (TPSA) is 67.6 Å². The number of nitriles is 1. The van der Waals surface area contributed by atoms with Gasteiger partial charge in [0.2, 0.25) is 0 Å². The Morgan fingerprint density at radius 2 is 1.83 bits per heavy atom. The molecule has 1 N–H and O–H groups in total. The van der Waals surface area contributed by atoms with E-state index < -0.39 is 23.9 Å². The van der Waals surface area contributed by atoms with Crippen molar-refractivity contribution >= 4 is 11.8 Å². The minimum atomic E-state index is -4.64. The Bertz CT molecular complexity index is 1110. The van der Waals surface area contributed by atoms with Gasteiger partial charge < -0.3 is 10.0 Å². The van der Waals surface area contributed by atoms with Crippen LogP contribution in [-0.2, 0) is 25.6 Å². The third-order valence-electron chi connectivity index (χ3n) is 6.75. The number of anilines is 1. The summed E-state index contributed by atoms with van der Waals surface area (Å²) in [5.41, 5.74) is 3.36. The van der Waals surface area contributed by atoms with Gasteiger partial charge in [0.05, 0.1) is 29.8 Å². The van der Waals surface area contributed by atoms with Crippen molar-refractivity contribution in [2.75, 3.05) is 18.0 Å². The van der Waals surface area contributed by atoms with E-state index in [-0.39, 0.29) is 17.7 Å². The standard InChI is InChI=1S/C27H32F3N3O2/c1-4-6-10-32(5-2)25-15-21-9-7-8-20(21)13-23(25)17-33(26(34)35)18(3)22-11-19(16-31)12-24(14-22)27(28,29)30/h11-15,18H,4-10,17H2,1-3H3,(H,34,35). The maximum Gasteiger partial charge on any atom is 0.416 e. The molecule has 0 heterocycles. The summed E-state index contributed by atoms with van der Waals surface area (Å²) in [7, 11) is 0. The van der Waals surface area contributed by atoms with Gasteiger partial charge in [-0.3, -0.25) is 4.90 Å². The summed E-state index contributed by atoms with van der Waals surface area (Å²) in [6.07, 6.45) is -0.838. The zero-order chi connectivity index (χ0) is 25.8. The second-order valence-electron chi connectivity index (χ2n) is 9.08. The number of halogens is 3. The number of benzene rings is 2. The summed E-state index contributed by atoms with van der Waals surface area (Å²) in [4.78, 5) is 15.7. The van der Waals surface area contributed by atoms with E-state index in [0.29, 0.717) is 0 Å². The molecule has 0 aromatic heterocycles. The highest BCUT2D eigenvalue weighted by Gasteiger charge is 2.33. The zero-order valence-corrected chi connectivity index (χ0v) is 20.5. The van der Waals surface area contributed by atoms with Gasteiger partial charge in [0, 0.05) is 18.8 Å². The Balaban J connectivity index is 2.03. The number of aryl methyl sites for hydroxylation is 2. The van der Waals surface area contributed by atoms with E-state index >= 15 is 0 Å². The molecule has 0 aliphatic heterocycles. The highest BCUT2D eigenvalue weighted by molar-refractivity contribution is 5.67. The van der Waals surface area contributed by atoms with Crippen LogP contribution in [0.4, 0.5) is 23.7 Å². The van der Waals surface area contributed by atoms with Crippen LogP contribution in [0.15, 0.2) is 30.3 Å². The van der Waals surface area contributed by atoms with Gasteiger partial charge in [-0.15, -0.1) is 0 Å². The molecular formula is C27H32F3N3O2. The molecule has 0 bridgehead atoms. The van der Waals surface area contributed by atoms with Crippen LogP contribution >= 0.6 is 0 Å². The summed E-state index contributed by atoms with van der Waals surface area (Å²) < 4.78 is 40.3. The minimum Gasteiger partial charge on any atom is -0.465 e. The fourth-order valence-corrected chi connectivity index (χ4v) is 4.74. The van der Waals surface area contributed by atoms with Crippen molar-refractivity contribution in [2.24, 2.45) is 0 Å². The van der Waals surface area contributed by atoms with Crippen molar-refractivity contribution in [1.29, 1.82) is 5.26 Å². The molecule has 1 aliphatic rings. The van der Waals surface area contributed by atoms with Gasteiger partial charge >= 0.3 is 12.3 Å². The molecule has 2 aromatic carbocycles. The molecule has 5 nitrogen and oxygen atoms in total. The third-order valence-corrected chi connectivity index (χ3v) is 6.75. The van der Waals surface area contributed by atoms with Crippen LogP contribution in [0.1, 0.15) is 79.5 Å². The molecule has 0 saturated carbocycles. The average molecular weight is 488 g/mol. The molecule has 0 spiro atoms. The first-order valence-corrected chi connectivity index (χ1v) is 12.1. The normalized spacial score (nSPS) is 13.7. The van der Waals surface area contributed by atoms with Gasteiger partial charge in [-0.25, -0.2) is 4.79 Å². The first-order chi connectivity index (χ1) is 16.6. The quantitative estimate of drug-likeness (QED) is 0.416. The Labute approximate surface area is 204 Å². The fourth-order valence-electron chi connectivity index (χ4n) is 4.74. The molecule has 1 aliphatic carbocycles. The van der Waals surface area contributed by atoms with Gasteiger partial charge in [-0.1, -0.05) is 19.4 Å². The molecule has 35 heavy (non-hydrogen) atoms.